The van der Waals surface area contributed by atoms with E-state index in [4.69, 9.17) is 0 Å². The number of aryl methyl sites for hydroxylation is 1. The summed E-state index contributed by atoms with van der Waals surface area (Å²) in [6, 6.07) is 13.9. The van der Waals surface area contributed by atoms with Crippen LogP contribution < -0.4 is 5.32 Å². The molecular formula is C21H22N2O2. The van der Waals surface area contributed by atoms with Crippen molar-refractivity contribution in [2.75, 3.05) is 11.9 Å². The topological polar surface area (TPSA) is 49.4 Å². The number of hydrogen-bond acceptors (Lipinski definition) is 2. The van der Waals surface area contributed by atoms with Gasteiger partial charge in [-0.25, -0.2) is 0 Å². The molecule has 1 heterocycles. The van der Waals surface area contributed by atoms with E-state index in [1.165, 1.54) is 12.5 Å². The number of nitrogens with one attached hydrogen (secondary N) is 1. The molecule has 0 atom stereocenters. The Morgan fingerprint density at radius 1 is 1.16 bits per heavy atom. The number of fused-ring (bicyclic) bond motifs is 1. The molecule has 0 fully saturated rings. The molecule has 25 heavy (non-hydrogen) atoms. The fourth-order valence-electron chi connectivity index (χ4n) is 3.15. The summed E-state index contributed by atoms with van der Waals surface area (Å²) in [6.45, 7) is 4.77. The zero-order valence-corrected chi connectivity index (χ0v) is 14.6. The summed E-state index contributed by atoms with van der Waals surface area (Å²) >= 11 is 0. The Balaban J connectivity index is 1.72. The van der Waals surface area contributed by atoms with E-state index in [1.807, 2.05) is 54.3 Å². The third-order valence-corrected chi connectivity index (χ3v) is 4.35. The first-order valence-corrected chi connectivity index (χ1v) is 8.45. The van der Waals surface area contributed by atoms with Gasteiger partial charge in [-0.15, -0.1) is 0 Å². The molecule has 0 radical (unpaired) electrons. The van der Waals surface area contributed by atoms with Gasteiger partial charge in [0.2, 0.25) is 11.8 Å². The molecule has 1 aliphatic heterocycles. The summed E-state index contributed by atoms with van der Waals surface area (Å²) in [5.74, 6) is -0.0647. The van der Waals surface area contributed by atoms with Crippen LogP contribution in [0.1, 0.15) is 29.2 Å². The molecule has 0 aromatic heterocycles. The highest BCUT2D eigenvalue weighted by Crippen LogP contribution is 2.26. The fraction of sp³-hybridized carbons (Fsp3) is 0.238. The lowest BCUT2D eigenvalue weighted by Crippen LogP contribution is -2.35. The van der Waals surface area contributed by atoms with Crippen LogP contribution in [0.5, 0.6) is 0 Å². The molecule has 2 aromatic rings. The molecule has 0 saturated heterocycles. The maximum Gasteiger partial charge on any atom is 0.246 e. The Hall–Kier alpha value is -2.88. The molecule has 2 amide bonds. The van der Waals surface area contributed by atoms with Crippen LogP contribution in [-0.2, 0) is 22.6 Å². The quantitative estimate of drug-likeness (QED) is 0.873. The van der Waals surface area contributed by atoms with Crippen molar-refractivity contribution in [2.24, 2.45) is 0 Å². The second-order valence-corrected chi connectivity index (χ2v) is 6.38. The van der Waals surface area contributed by atoms with E-state index in [0.29, 0.717) is 13.1 Å². The van der Waals surface area contributed by atoms with E-state index in [9.17, 15) is 9.59 Å². The number of hydrogen-bond donors (Lipinski definition) is 1. The SMILES string of the molecule is CC(=O)Nc1cccc2c1CCN(C(=O)/C=C/c1cccc(C)c1)C2. The van der Waals surface area contributed by atoms with Gasteiger partial charge in [-0.1, -0.05) is 42.0 Å². The molecule has 0 saturated carbocycles. The molecule has 3 rings (SSSR count). The minimum absolute atomic E-state index is 0.0112. The minimum atomic E-state index is -0.0759. The zero-order chi connectivity index (χ0) is 17.8. The van der Waals surface area contributed by atoms with Crippen LogP contribution in [0.4, 0.5) is 5.69 Å². The molecule has 0 spiro atoms. The second-order valence-electron chi connectivity index (χ2n) is 6.38. The molecule has 4 heteroatoms. The summed E-state index contributed by atoms with van der Waals surface area (Å²) in [6.07, 6.45) is 4.24. The normalized spacial score (nSPS) is 13.6. The van der Waals surface area contributed by atoms with Crippen LogP contribution in [0.3, 0.4) is 0 Å². The first-order valence-electron chi connectivity index (χ1n) is 8.45. The van der Waals surface area contributed by atoms with Gasteiger partial charge in [0.15, 0.2) is 0 Å². The van der Waals surface area contributed by atoms with Crippen LogP contribution in [-0.4, -0.2) is 23.3 Å². The van der Waals surface area contributed by atoms with Gasteiger partial charge in [0.05, 0.1) is 0 Å². The Kier molecular flexibility index (Phi) is 4.98. The van der Waals surface area contributed by atoms with Crippen LogP contribution in [0.25, 0.3) is 6.08 Å². The van der Waals surface area contributed by atoms with Gasteiger partial charge in [-0.2, -0.15) is 0 Å². The van der Waals surface area contributed by atoms with Crippen LogP contribution in [0.15, 0.2) is 48.5 Å². The Bertz CT molecular complexity index is 840. The molecule has 0 bridgehead atoms. The van der Waals surface area contributed by atoms with Gasteiger partial charge in [0, 0.05) is 31.8 Å². The summed E-state index contributed by atoms with van der Waals surface area (Å²) in [4.78, 5) is 25.7. The smallest absolute Gasteiger partial charge is 0.246 e. The van der Waals surface area contributed by atoms with Crippen molar-refractivity contribution in [1.29, 1.82) is 0 Å². The van der Waals surface area contributed by atoms with Crippen LogP contribution >= 0.6 is 0 Å². The maximum atomic E-state index is 12.5. The summed E-state index contributed by atoms with van der Waals surface area (Å²) in [5.41, 5.74) is 5.28. The number of nitrogens with zero attached hydrogens (tertiary/aromatic N) is 1. The average molecular weight is 334 g/mol. The van der Waals surface area contributed by atoms with Gasteiger partial charge >= 0.3 is 0 Å². The van der Waals surface area contributed by atoms with E-state index < -0.39 is 0 Å². The van der Waals surface area contributed by atoms with Gasteiger partial charge in [0.1, 0.15) is 0 Å². The highest BCUT2D eigenvalue weighted by Gasteiger charge is 2.21. The molecule has 128 valence electrons. The number of benzene rings is 2. The highest BCUT2D eigenvalue weighted by molar-refractivity contribution is 5.92. The number of carbonyl (C=O) groups is 2. The van der Waals surface area contributed by atoms with Crippen LogP contribution in [0, 0.1) is 6.92 Å². The minimum Gasteiger partial charge on any atom is -0.334 e. The van der Waals surface area contributed by atoms with Gasteiger partial charge < -0.3 is 10.2 Å². The Morgan fingerprint density at radius 2 is 1.96 bits per heavy atom. The largest absolute Gasteiger partial charge is 0.334 e. The van der Waals surface area contributed by atoms with Crippen molar-refractivity contribution in [3.05, 3.63) is 70.8 Å². The average Bonchev–Trinajstić information content (AvgIpc) is 2.59. The maximum absolute atomic E-state index is 12.5. The number of anilines is 1. The molecule has 1 aliphatic rings. The third-order valence-electron chi connectivity index (χ3n) is 4.35. The highest BCUT2D eigenvalue weighted by atomic mass is 16.2. The zero-order valence-electron chi connectivity index (χ0n) is 14.6. The molecular weight excluding hydrogens is 312 g/mol. The number of rotatable bonds is 3. The molecule has 0 unspecified atom stereocenters. The first kappa shape index (κ1) is 17.0. The lowest BCUT2D eigenvalue weighted by molar-refractivity contribution is -0.126. The van der Waals surface area contributed by atoms with Crippen molar-refractivity contribution in [3.8, 4) is 0 Å². The van der Waals surface area contributed by atoms with Gasteiger partial charge in [-0.3, -0.25) is 9.59 Å². The van der Waals surface area contributed by atoms with Gasteiger partial charge in [-0.05, 0) is 42.2 Å². The lowest BCUT2D eigenvalue weighted by atomic mass is 9.97. The fourth-order valence-corrected chi connectivity index (χ4v) is 3.15. The summed E-state index contributed by atoms with van der Waals surface area (Å²) in [5, 5.41) is 2.87. The van der Waals surface area contributed by atoms with E-state index in [2.05, 4.69) is 11.4 Å². The van der Waals surface area contributed by atoms with Crippen molar-refractivity contribution in [2.45, 2.75) is 26.8 Å². The first-order chi connectivity index (χ1) is 12.0. The molecule has 0 aliphatic carbocycles. The summed E-state index contributed by atoms with van der Waals surface area (Å²) in [7, 11) is 0. The second kappa shape index (κ2) is 7.34. The predicted octanol–water partition coefficient (Wildman–Crippen LogP) is 3.55. The van der Waals surface area contributed by atoms with Crippen molar-refractivity contribution in [3.63, 3.8) is 0 Å². The Morgan fingerprint density at radius 3 is 2.72 bits per heavy atom. The van der Waals surface area contributed by atoms with Crippen LogP contribution in [0.2, 0.25) is 0 Å². The van der Waals surface area contributed by atoms with E-state index >= 15 is 0 Å². The Labute approximate surface area is 148 Å². The molecule has 4 nitrogen and oxygen atoms in total. The van der Waals surface area contributed by atoms with Crippen molar-refractivity contribution in [1.82, 2.24) is 4.90 Å². The molecule has 1 N–H and O–H groups in total. The monoisotopic (exact) mass is 334 g/mol. The van der Waals surface area contributed by atoms with E-state index in [-0.39, 0.29) is 11.8 Å². The van der Waals surface area contributed by atoms with E-state index in [0.717, 1.165) is 28.8 Å². The lowest BCUT2D eigenvalue weighted by Gasteiger charge is -2.29. The molecule has 2 aromatic carbocycles. The third kappa shape index (κ3) is 4.15. The van der Waals surface area contributed by atoms with Crippen molar-refractivity contribution < 1.29 is 9.59 Å². The van der Waals surface area contributed by atoms with E-state index in [1.54, 1.807) is 6.08 Å². The summed E-state index contributed by atoms with van der Waals surface area (Å²) < 4.78 is 0. The predicted molar refractivity (Wildman–Crippen MR) is 100 cm³/mol. The number of carbonyl (C=O) groups excluding carboxylic acids is 2. The van der Waals surface area contributed by atoms with Crippen molar-refractivity contribution >= 4 is 23.6 Å². The standard InChI is InChI=1S/C21H22N2O2/c1-15-5-3-6-17(13-15)9-10-21(25)23-12-11-19-18(14-23)7-4-8-20(19)22-16(2)24/h3-10,13H,11-12,14H2,1-2H3,(H,22,24)/b10-9+. The van der Waals surface area contributed by atoms with Gasteiger partial charge in [0.25, 0.3) is 0 Å². The number of amides is 2.